The first-order valence-corrected chi connectivity index (χ1v) is 9.26. The summed E-state index contributed by atoms with van der Waals surface area (Å²) in [6, 6.07) is 12.1. The number of hydrogen-bond donors (Lipinski definition) is 1. The zero-order chi connectivity index (χ0) is 18.8. The van der Waals surface area contributed by atoms with Crippen LogP contribution in [-0.2, 0) is 11.3 Å². The molecule has 142 valence electrons. The summed E-state index contributed by atoms with van der Waals surface area (Å²) in [6.07, 6.45) is 0.0935. The maximum absolute atomic E-state index is 6.04. The summed E-state index contributed by atoms with van der Waals surface area (Å²) in [4.78, 5) is 7.13. The second kappa shape index (κ2) is 7.68. The Morgan fingerprint density at radius 1 is 1.22 bits per heavy atom. The van der Waals surface area contributed by atoms with Gasteiger partial charge in [0.15, 0.2) is 0 Å². The van der Waals surface area contributed by atoms with Crippen LogP contribution in [0.1, 0.15) is 11.5 Å². The second-order valence-electron chi connectivity index (χ2n) is 6.85. The van der Waals surface area contributed by atoms with E-state index < -0.39 is 0 Å². The van der Waals surface area contributed by atoms with E-state index in [0.717, 1.165) is 53.2 Å². The molecule has 2 N–H and O–H groups in total. The summed E-state index contributed by atoms with van der Waals surface area (Å²) in [5.41, 5.74) is 7.68. The third kappa shape index (κ3) is 3.56. The predicted octanol–water partition coefficient (Wildman–Crippen LogP) is 2.97. The number of nitrogens with two attached hydrogens (primary N) is 1. The number of oxazole rings is 1. The Morgan fingerprint density at radius 2 is 2.04 bits per heavy atom. The van der Waals surface area contributed by atoms with Crippen LogP contribution in [0.4, 0.5) is 0 Å². The molecular formula is C21H25N3O3. The molecule has 4 rings (SSSR count). The Morgan fingerprint density at radius 3 is 2.81 bits per heavy atom. The van der Waals surface area contributed by atoms with Crippen LogP contribution in [0, 0.1) is 6.92 Å². The first-order valence-electron chi connectivity index (χ1n) is 9.26. The van der Waals surface area contributed by atoms with Gasteiger partial charge in [-0.1, -0.05) is 24.3 Å². The number of aromatic nitrogens is 1. The highest BCUT2D eigenvalue weighted by Gasteiger charge is 2.22. The fourth-order valence-corrected chi connectivity index (χ4v) is 3.60. The highest BCUT2D eigenvalue weighted by Crippen LogP contribution is 2.34. The number of benzene rings is 2. The SMILES string of the molecule is COc1ccc(-c2nc(CN3CCO[C@H](CN)C3)c(C)o2)c2ccccc12. The Kier molecular flexibility index (Phi) is 5.11. The number of hydrogen-bond acceptors (Lipinski definition) is 6. The molecule has 1 atom stereocenters. The summed E-state index contributed by atoms with van der Waals surface area (Å²) in [5, 5.41) is 2.12. The van der Waals surface area contributed by atoms with E-state index in [1.54, 1.807) is 7.11 Å². The van der Waals surface area contributed by atoms with Crippen molar-refractivity contribution in [3.05, 3.63) is 47.9 Å². The van der Waals surface area contributed by atoms with Gasteiger partial charge in [-0.15, -0.1) is 0 Å². The number of nitrogens with zero attached hydrogens (tertiary/aromatic N) is 2. The highest BCUT2D eigenvalue weighted by atomic mass is 16.5. The topological polar surface area (TPSA) is 73.8 Å². The molecule has 2 aromatic carbocycles. The quantitative estimate of drug-likeness (QED) is 0.747. The third-order valence-electron chi connectivity index (χ3n) is 5.09. The molecule has 0 bridgehead atoms. The standard InChI is InChI=1S/C21H25N3O3/c1-14-19(13-24-9-10-26-15(11-22)12-24)23-21(27-14)18-7-8-20(25-2)17-6-4-3-5-16(17)18/h3-8,15H,9-13,22H2,1-2H3/t15-/m1/s1. The van der Waals surface area contributed by atoms with Crippen LogP contribution >= 0.6 is 0 Å². The molecule has 2 heterocycles. The molecule has 1 aromatic heterocycles. The largest absolute Gasteiger partial charge is 0.496 e. The lowest BCUT2D eigenvalue weighted by Crippen LogP contribution is -2.45. The van der Waals surface area contributed by atoms with Crippen molar-refractivity contribution in [2.24, 2.45) is 5.73 Å². The molecule has 1 aliphatic rings. The molecule has 1 fully saturated rings. The Hall–Kier alpha value is -2.41. The lowest BCUT2D eigenvalue weighted by Gasteiger charge is -2.31. The summed E-state index contributed by atoms with van der Waals surface area (Å²) in [5.74, 6) is 2.34. The average Bonchev–Trinajstić information content (AvgIpc) is 3.07. The van der Waals surface area contributed by atoms with Crippen LogP contribution in [0.15, 0.2) is 40.8 Å². The lowest BCUT2D eigenvalue weighted by atomic mass is 10.0. The van der Waals surface area contributed by atoms with E-state index >= 15 is 0 Å². The number of ether oxygens (including phenoxy) is 2. The molecule has 0 aliphatic carbocycles. The molecule has 6 heteroatoms. The predicted molar refractivity (Wildman–Crippen MR) is 105 cm³/mol. The van der Waals surface area contributed by atoms with Gasteiger partial charge >= 0.3 is 0 Å². The maximum Gasteiger partial charge on any atom is 0.227 e. The average molecular weight is 367 g/mol. The summed E-state index contributed by atoms with van der Waals surface area (Å²) in [6.45, 7) is 5.65. The molecule has 1 aliphatic heterocycles. The second-order valence-corrected chi connectivity index (χ2v) is 6.85. The minimum absolute atomic E-state index is 0.0935. The minimum atomic E-state index is 0.0935. The van der Waals surface area contributed by atoms with Gasteiger partial charge in [-0.2, -0.15) is 0 Å². The van der Waals surface area contributed by atoms with Crippen molar-refractivity contribution >= 4 is 10.8 Å². The molecule has 0 spiro atoms. The van der Waals surface area contributed by atoms with Gasteiger partial charge in [0.25, 0.3) is 0 Å². The van der Waals surface area contributed by atoms with E-state index in [0.29, 0.717) is 19.0 Å². The van der Waals surface area contributed by atoms with Crippen molar-refractivity contribution in [3.63, 3.8) is 0 Å². The van der Waals surface area contributed by atoms with Gasteiger partial charge in [0.1, 0.15) is 11.5 Å². The van der Waals surface area contributed by atoms with E-state index in [9.17, 15) is 0 Å². The van der Waals surface area contributed by atoms with Crippen LogP contribution in [0.2, 0.25) is 0 Å². The highest BCUT2D eigenvalue weighted by molar-refractivity contribution is 5.98. The minimum Gasteiger partial charge on any atom is -0.496 e. The number of morpholine rings is 1. The van der Waals surface area contributed by atoms with Crippen LogP contribution < -0.4 is 10.5 Å². The zero-order valence-electron chi connectivity index (χ0n) is 15.8. The van der Waals surface area contributed by atoms with E-state index in [1.807, 2.05) is 31.2 Å². The number of methoxy groups -OCH3 is 1. The summed E-state index contributed by atoms with van der Waals surface area (Å²) >= 11 is 0. The van der Waals surface area contributed by atoms with Gasteiger partial charge in [-0.25, -0.2) is 4.98 Å². The molecule has 27 heavy (non-hydrogen) atoms. The van der Waals surface area contributed by atoms with Crippen molar-refractivity contribution in [3.8, 4) is 17.2 Å². The van der Waals surface area contributed by atoms with Crippen molar-refractivity contribution in [2.75, 3.05) is 33.4 Å². The Balaban J connectivity index is 1.65. The van der Waals surface area contributed by atoms with Gasteiger partial charge in [0.2, 0.25) is 5.89 Å². The first-order chi connectivity index (χ1) is 13.2. The molecule has 1 saturated heterocycles. The normalized spacial score (nSPS) is 18.1. The van der Waals surface area contributed by atoms with Gasteiger partial charge in [-0.3, -0.25) is 4.90 Å². The smallest absolute Gasteiger partial charge is 0.227 e. The molecule has 0 amide bonds. The van der Waals surface area contributed by atoms with Gasteiger partial charge in [0.05, 0.1) is 25.5 Å². The van der Waals surface area contributed by atoms with Crippen molar-refractivity contribution in [2.45, 2.75) is 19.6 Å². The molecule has 0 saturated carbocycles. The Labute approximate surface area is 158 Å². The molecule has 3 aromatic rings. The first kappa shape index (κ1) is 18.0. The Bertz CT molecular complexity index is 938. The zero-order valence-corrected chi connectivity index (χ0v) is 15.8. The van der Waals surface area contributed by atoms with E-state index in [-0.39, 0.29) is 6.10 Å². The fourth-order valence-electron chi connectivity index (χ4n) is 3.60. The maximum atomic E-state index is 6.04. The van der Waals surface area contributed by atoms with Gasteiger partial charge < -0.3 is 19.6 Å². The van der Waals surface area contributed by atoms with Crippen LogP contribution in [0.25, 0.3) is 22.2 Å². The van der Waals surface area contributed by atoms with E-state index in [4.69, 9.17) is 24.6 Å². The molecule has 0 unspecified atom stereocenters. The van der Waals surface area contributed by atoms with Crippen LogP contribution in [0.3, 0.4) is 0 Å². The molecule has 0 radical (unpaired) electrons. The van der Waals surface area contributed by atoms with Gasteiger partial charge in [-0.05, 0) is 24.4 Å². The van der Waals surface area contributed by atoms with Crippen LogP contribution in [0.5, 0.6) is 5.75 Å². The number of aryl methyl sites for hydroxylation is 1. The molecular weight excluding hydrogens is 342 g/mol. The van der Waals surface area contributed by atoms with Crippen molar-refractivity contribution in [1.29, 1.82) is 0 Å². The molecule has 6 nitrogen and oxygen atoms in total. The number of fused-ring (bicyclic) bond motifs is 1. The summed E-state index contributed by atoms with van der Waals surface area (Å²) in [7, 11) is 1.69. The summed E-state index contributed by atoms with van der Waals surface area (Å²) < 4.78 is 17.2. The third-order valence-corrected chi connectivity index (χ3v) is 5.09. The van der Waals surface area contributed by atoms with E-state index in [2.05, 4.69) is 17.0 Å². The van der Waals surface area contributed by atoms with Crippen LogP contribution in [-0.4, -0.2) is 49.3 Å². The van der Waals surface area contributed by atoms with Crippen molar-refractivity contribution < 1.29 is 13.9 Å². The lowest BCUT2D eigenvalue weighted by molar-refractivity contribution is -0.0264. The van der Waals surface area contributed by atoms with Gasteiger partial charge in [0, 0.05) is 37.1 Å². The van der Waals surface area contributed by atoms with Crippen molar-refractivity contribution in [1.82, 2.24) is 9.88 Å². The monoisotopic (exact) mass is 367 g/mol. The number of rotatable bonds is 5. The fraction of sp³-hybridized carbons (Fsp3) is 0.381. The van der Waals surface area contributed by atoms with E-state index in [1.165, 1.54) is 0 Å².